The van der Waals surface area contributed by atoms with E-state index in [2.05, 4.69) is 5.32 Å². The van der Waals surface area contributed by atoms with Crippen molar-refractivity contribution in [1.29, 1.82) is 0 Å². The summed E-state index contributed by atoms with van der Waals surface area (Å²) in [6, 6.07) is 5.00. The van der Waals surface area contributed by atoms with Gasteiger partial charge in [-0.2, -0.15) is 0 Å². The lowest BCUT2D eigenvalue weighted by Crippen LogP contribution is -2.41. The van der Waals surface area contributed by atoms with Crippen molar-refractivity contribution in [3.8, 4) is 0 Å². The van der Waals surface area contributed by atoms with Crippen LogP contribution < -0.4 is 5.32 Å². The third kappa shape index (κ3) is 4.11. The summed E-state index contributed by atoms with van der Waals surface area (Å²) in [6.07, 6.45) is 2.35. The molecule has 1 unspecified atom stereocenters. The maximum absolute atomic E-state index is 12.5. The third-order valence-electron chi connectivity index (χ3n) is 3.66. The van der Waals surface area contributed by atoms with Gasteiger partial charge in [-0.15, -0.1) is 0 Å². The number of benzene rings is 1. The molecule has 20 heavy (non-hydrogen) atoms. The molecular weight excluding hydrogens is 295 g/mol. The number of hydrogen-bond acceptors (Lipinski definition) is 2. The molecule has 1 aromatic rings. The monoisotopic (exact) mass is 314 g/mol. The predicted octanol–water partition coefficient (Wildman–Crippen LogP) is 3.46. The van der Waals surface area contributed by atoms with Gasteiger partial charge in [0.1, 0.15) is 0 Å². The van der Waals surface area contributed by atoms with E-state index >= 15 is 0 Å². The Morgan fingerprint density at radius 1 is 1.35 bits per heavy atom. The third-order valence-corrected chi connectivity index (χ3v) is 4.09. The molecule has 2 rings (SSSR count). The second-order valence-corrected chi connectivity index (χ2v) is 6.09. The molecular formula is C15H20Cl2N2O. The highest BCUT2D eigenvalue weighted by Gasteiger charge is 2.21. The van der Waals surface area contributed by atoms with E-state index in [1.165, 1.54) is 12.8 Å². The number of carbonyl (C=O) groups is 1. The molecule has 5 heteroatoms. The van der Waals surface area contributed by atoms with Crippen molar-refractivity contribution in [2.75, 3.05) is 26.2 Å². The summed E-state index contributed by atoms with van der Waals surface area (Å²) in [4.78, 5) is 14.4. The number of nitrogens with one attached hydrogen (secondary N) is 1. The van der Waals surface area contributed by atoms with Crippen molar-refractivity contribution in [1.82, 2.24) is 10.2 Å². The van der Waals surface area contributed by atoms with E-state index in [1.54, 1.807) is 18.2 Å². The first-order valence-electron chi connectivity index (χ1n) is 7.06. The van der Waals surface area contributed by atoms with Crippen molar-refractivity contribution in [2.24, 2.45) is 5.92 Å². The minimum Gasteiger partial charge on any atom is -0.339 e. The van der Waals surface area contributed by atoms with Crippen molar-refractivity contribution in [3.05, 3.63) is 33.8 Å². The van der Waals surface area contributed by atoms with Gasteiger partial charge in [-0.3, -0.25) is 4.79 Å². The van der Waals surface area contributed by atoms with Gasteiger partial charge in [0, 0.05) is 28.7 Å². The normalized spacial score (nSPS) is 18.9. The van der Waals surface area contributed by atoms with E-state index in [0.717, 1.165) is 19.6 Å². The molecule has 0 saturated carbocycles. The van der Waals surface area contributed by atoms with Crippen LogP contribution in [-0.4, -0.2) is 37.0 Å². The second kappa shape index (κ2) is 7.30. The quantitative estimate of drug-likeness (QED) is 0.923. The van der Waals surface area contributed by atoms with E-state index < -0.39 is 0 Å². The van der Waals surface area contributed by atoms with E-state index in [1.807, 2.05) is 11.8 Å². The molecule has 1 aromatic carbocycles. The lowest BCUT2D eigenvalue weighted by molar-refractivity contribution is 0.0729. The number of nitrogens with zero attached hydrogens (tertiary/aromatic N) is 1. The van der Waals surface area contributed by atoms with Crippen molar-refractivity contribution in [3.63, 3.8) is 0 Å². The van der Waals surface area contributed by atoms with Crippen molar-refractivity contribution < 1.29 is 4.79 Å². The first kappa shape index (κ1) is 15.6. The Bertz CT molecular complexity index is 453. The number of rotatable bonds is 4. The molecule has 1 amide bonds. The molecule has 1 N–H and O–H groups in total. The summed E-state index contributed by atoms with van der Waals surface area (Å²) in [5.41, 5.74) is 0.563. The largest absolute Gasteiger partial charge is 0.339 e. The Labute approximate surface area is 130 Å². The summed E-state index contributed by atoms with van der Waals surface area (Å²) in [5, 5.41) is 4.37. The zero-order valence-corrected chi connectivity index (χ0v) is 13.2. The molecule has 110 valence electrons. The average Bonchev–Trinajstić information content (AvgIpc) is 2.44. The summed E-state index contributed by atoms with van der Waals surface area (Å²) in [5.74, 6) is 0.532. The van der Waals surface area contributed by atoms with Crippen LogP contribution in [0.5, 0.6) is 0 Å². The van der Waals surface area contributed by atoms with Crippen molar-refractivity contribution in [2.45, 2.75) is 19.8 Å². The highest BCUT2D eigenvalue weighted by molar-refractivity contribution is 6.35. The van der Waals surface area contributed by atoms with Gasteiger partial charge < -0.3 is 10.2 Å². The predicted molar refractivity (Wildman–Crippen MR) is 83.6 cm³/mol. The number of amides is 1. The lowest BCUT2D eigenvalue weighted by atomic mass is 9.99. The molecule has 1 fully saturated rings. The highest BCUT2D eigenvalue weighted by atomic mass is 35.5. The first-order valence-corrected chi connectivity index (χ1v) is 7.82. The number of piperidine rings is 1. The fourth-order valence-electron chi connectivity index (χ4n) is 2.61. The van der Waals surface area contributed by atoms with Crippen molar-refractivity contribution >= 4 is 29.1 Å². The molecule has 1 aliphatic rings. The van der Waals surface area contributed by atoms with Gasteiger partial charge in [0.15, 0.2) is 0 Å². The molecule has 0 spiro atoms. The SMILES string of the molecule is CCN(CC1CCCNC1)C(=O)c1cc(Cl)cc(Cl)c1. The van der Waals surface area contributed by atoms with Gasteiger partial charge in [-0.25, -0.2) is 0 Å². The smallest absolute Gasteiger partial charge is 0.253 e. The average molecular weight is 315 g/mol. The topological polar surface area (TPSA) is 32.3 Å². The molecule has 0 aliphatic carbocycles. The Morgan fingerprint density at radius 3 is 2.60 bits per heavy atom. The molecule has 1 aliphatic heterocycles. The van der Waals surface area contributed by atoms with Gasteiger partial charge in [0.05, 0.1) is 0 Å². The maximum Gasteiger partial charge on any atom is 0.253 e. The molecule has 0 bridgehead atoms. The lowest BCUT2D eigenvalue weighted by Gasteiger charge is -2.29. The van der Waals surface area contributed by atoms with Gasteiger partial charge in [0.2, 0.25) is 0 Å². The zero-order chi connectivity index (χ0) is 14.5. The Morgan fingerprint density at radius 2 is 2.05 bits per heavy atom. The molecule has 1 heterocycles. The van der Waals surface area contributed by atoms with Crippen LogP contribution in [0.2, 0.25) is 10.0 Å². The van der Waals surface area contributed by atoms with Gasteiger partial charge in [-0.1, -0.05) is 23.2 Å². The van der Waals surface area contributed by atoms with E-state index in [-0.39, 0.29) is 5.91 Å². The van der Waals surface area contributed by atoms with E-state index in [9.17, 15) is 4.79 Å². The Hall–Kier alpha value is -0.770. The minimum atomic E-state index is 0.00229. The fraction of sp³-hybridized carbons (Fsp3) is 0.533. The van der Waals surface area contributed by atoms with Crippen LogP contribution >= 0.6 is 23.2 Å². The molecule has 3 nitrogen and oxygen atoms in total. The van der Waals surface area contributed by atoms with Crippen LogP contribution in [0.15, 0.2) is 18.2 Å². The Kier molecular flexibility index (Phi) is 5.70. The van der Waals surface area contributed by atoms with E-state index in [4.69, 9.17) is 23.2 Å². The number of hydrogen-bond donors (Lipinski definition) is 1. The fourth-order valence-corrected chi connectivity index (χ4v) is 3.13. The van der Waals surface area contributed by atoms with Crippen LogP contribution in [0.4, 0.5) is 0 Å². The standard InChI is InChI=1S/C15H20Cl2N2O/c1-2-19(10-11-4-3-5-18-9-11)15(20)12-6-13(16)8-14(17)7-12/h6-8,11,18H,2-5,9-10H2,1H3. The van der Waals surface area contributed by atoms with Crippen LogP contribution in [0.1, 0.15) is 30.1 Å². The van der Waals surface area contributed by atoms with Gasteiger partial charge in [-0.05, 0) is 57.0 Å². The second-order valence-electron chi connectivity index (χ2n) is 5.21. The van der Waals surface area contributed by atoms with Crippen LogP contribution in [-0.2, 0) is 0 Å². The maximum atomic E-state index is 12.5. The molecule has 0 radical (unpaired) electrons. The number of halogens is 2. The van der Waals surface area contributed by atoms with Crippen LogP contribution in [0, 0.1) is 5.92 Å². The summed E-state index contributed by atoms with van der Waals surface area (Å²) in [6.45, 7) is 5.55. The highest BCUT2D eigenvalue weighted by Crippen LogP contribution is 2.21. The van der Waals surface area contributed by atoms with Gasteiger partial charge in [0.25, 0.3) is 5.91 Å². The summed E-state index contributed by atoms with van der Waals surface area (Å²) < 4.78 is 0. The summed E-state index contributed by atoms with van der Waals surface area (Å²) >= 11 is 11.9. The molecule has 1 saturated heterocycles. The Balaban J connectivity index is 2.07. The van der Waals surface area contributed by atoms with Gasteiger partial charge >= 0.3 is 0 Å². The first-order chi connectivity index (χ1) is 9.60. The van der Waals surface area contributed by atoms with Crippen LogP contribution in [0.25, 0.3) is 0 Å². The zero-order valence-electron chi connectivity index (χ0n) is 11.7. The summed E-state index contributed by atoms with van der Waals surface area (Å²) in [7, 11) is 0. The number of carbonyl (C=O) groups excluding carboxylic acids is 1. The van der Waals surface area contributed by atoms with E-state index in [0.29, 0.717) is 28.1 Å². The minimum absolute atomic E-state index is 0.00229. The van der Waals surface area contributed by atoms with Crippen LogP contribution in [0.3, 0.4) is 0 Å². The molecule has 0 aromatic heterocycles. The molecule has 1 atom stereocenters.